The molecule has 0 aliphatic heterocycles. The molecule has 0 saturated carbocycles. The molecule has 10 heteroatoms. The van der Waals surface area contributed by atoms with Crippen molar-refractivity contribution in [3.05, 3.63) is 91.4 Å². The third kappa shape index (κ3) is 3.77. The van der Waals surface area contributed by atoms with Crippen molar-refractivity contribution in [2.24, 2.45) is 0 Å². The molecule has 0 aromatic heterocycles. The van der Waals surface area contributed by atoms with Gasteiger partial charge in [0.2, 0.25) is 0 Å². The Morgan fingerprint density at radius 2 is 1.41 bits per heavy atom. The highest BCUT2D eigenvalue weighted by Gasteiger charge is 2.51. The van der Waals surface area contributed by atoms with Gasteiger partial charge in [-0.3, -0.25) is 4.55 Å². The van der Waals surface area contributed by atoms with E-state index < -0.39 is 20.6 Å². The monoisotopic (exact) mass is 492 g/mol. The van der Waals surface area contributed by atoms with Crippen LogP contribution >= 0.6 is 46.4 Å². The van der Waals surface area contributed by atoms with Crippen molar-refractivity contribution < 1.29 is 23.2 Å². The van der Waals surface area contributed by atoms with E-state index in [1.807, 2.05) is 0 Å². The lowest BCUT2D eigenvalue weighted by atomic mass is 9.83. The molecule has 0 bridgehead atoms. The number of rotatable bonds is 4. The summed E-state index contributed by atoms with van der Waals surface area (Å²) in [5, 5.41) is 20.6. The number of halogens is 4. The molecule has 0 amide bonds. The molecule has 3 aromatic carbocycles. The third-order valence-electron chi connectivity index (χ3n) is 4.37. The van der Waals surface area contributed by atoms with Gasteiger partial charge in [0, 0.05) is 27.2 Å². The topological polar surface area (TPSA) is 94.8 Å². The largest absolute Gasteiger partial charge is 0.508 e. The zero-order valence-corrected chi connectivity index (χ0v) is 18.1. The van der Waals surface area contributed by atoms with Crippen molar-refractivity contribution in [1.82, 2.24) is 0 Å². The van der Waals surface area contributed by atoms with Crippen LogP contribution in [0.5, 0.6) is 11.5 Å². The van der Waals surface area contributed by atoms with Crippen LogP contribution in [-0.2, 0) is 14.9 Å². The van der Waals surface area contributed by atoms with Crippen molar-refractivity contribution >= 4 is 56.5 Å². The zero-order chi connectivity index (χ0) is 21.6. The first-order valence-electron chi connectivity index (χ1n) is 7.89. The van der Waals surface area contributed by atoms with E-state index in [4.69, 9.17) is 46.4 Å². The molecule has 0 aliphatic carbocycles. The Hall–Kier alpha value is -1.67. The van der Waals surface area contributed by atoms with Gasteiger partial charge in [0.05, 0.1) is 10.0 Å². The predicted octanol–water partition coefficient (Wildman–Crippen LogP) is 5.89. The summed E-state index contributed by atoms with van der Waals surface area (Å²) >= 11 is 24.3. The van der Waals surface area contributed by atoms with E-state index in [1.54, 1.807) is 0 Å². The number of hydrogen-bond donors (Lipinski definition) is 3. The van der Waals surface area contributed by atoms with Crippen molar-refractivity contribution in [1.29, 1.82) is 0 Å². The quantitative estimate of drug-likeness (QED) is 0.311. The first-order chi connectivity index (χ1) is 13.5. The van der Waals surface area contributed by atoms with Crippen LogP contribution in [0.3, 0.4) is 0 Å². The summed E-state index contributed by atoms with van der Waals surface area (Å²) in [7, 11) is -5.09. The van der Waals surface area contributed by atoms with Crippen molar-refractivity contribution in [3.8, 4) is 11.5 Å². The fourth-order valence-electron chi connectivity index (χ4n) is 3.20. The summed E-state index contributed by atoms with van der Waals surface area (Å²) < 4.78 is 33.9. The highest BCUT2D eigenvalue weighted by molar-refractivity contribution is 7.87. The number of benzene rings is 3. The summed E-state index contributed by atoms with van der Waals surface area (Å²) in [6.45, 7) is 0. The SMILES string of the molecule is O=S(=O)(O)C(c1cccc(O)c1)(c1cc(Cl)c(Cl)cc1O)c1ccc(Cl)cc1Cl. The molecule has 0 heterocycles. The minimum atomic E-state index is -5.09. The van der Waals surface area contributed by atoms with Gasteiger partial charge in [0.1, 0.15) is 11.5 Å². The number of hydrogen-bond acceptors (Lipinski definition) is 4. The molecule has 0 spiro atoms. The van der Waals surface area contributed by atoms with E-state index in [0.717, 1.165) is 18.2 Å². The van der Waals surface area contributed by atoms with Gasteiger partial charge in [-0.2, -0.15) is 8.42 Å². The molecule has 3 rings (SSSR count). The minimum absolute atomic E-state index is 0.0322. The van der Waals surface area contributed by atoms with Gasteiger partial charge in [-0.1, -0.05) is 64.6 Å². The van der Waals surface area contributed by atoms with Crippen LogP contribution in [-0.4, -0.2) is 23.2 Å². The Kier molecular flexibility index (Phi) is 5.98. The van der Waals surface area contributed by atoms with Gasteiger partial charge >= 0.3 is 0 Å². The van der Waals surface area contributed by atoms with Crippen molar-refractivity contribution in [2.75, 3.05) is 0 Å². The number of aromatic hydroxyl groups is 2. The minimum Gasteiger partial charge on any atom is -0.508 e. The van der Waals surface area contributed by atoms with E-state index in [-0.39, 0.29) is 42.5 Å². The molecular weight excluding hydrogens is 482 g/mol. The van der Waals surface area contributed by atoms with Crippen LogP contribution in [0.15, 0.2) is 54.6 Å². The first kappa shape index (κ1) is 22.0. The Bertz CT molecular complexity index is 1210. The van der Waals surface area contributed by atoms with Gasteiger partial charge in [-0.25, -0.2) is 0 Å². The summed E-state index contributed by atoms with van der Waals surface area (Å²) in [4.78, 5) is 0. The molecular formula is C19H12Cl4O5S. The lowest BCUT2D eigenvalue weighted by Crippen LogP contribution is -2.38. The van der Waals surface area contributed by atoms with Crippen LogP contribution in [0.4, 0.5) is 0 Å². The standard InChI is InChI=1S/C19H12Cl4O5S/c20-11-4-5-13(15(21)7-11)19(29(26,27)28,10-2-1-3-12(24)6-10)14-8-16(22)17(23)9-18(14)25/h1-9,24-25H,(H,26,27,28). The molecule has 0 aliphatic rings. The van der Waals surface area contributed by atoms with Crippen molar-refractivity contribution in [2.45, 2.75) is 4.75 Å². The van der Waals surface area contributed by atoms with Crippen LogP contribution in [0.2, 0.25) is 20.1 Å². The lowest BCUT2D eigenvalue weighted by Gasteiger charge is -2.34. The average molecular weight is 494 g/mol. The molecule has 1 atom stereocenters. The Labute approximate surface area is 186 Å². The highest BCUT2D eigenvalue weighted by atomic mass is 35.5. The molecule has 0 saturated heterocycles. The Morgan fingerprint density at radius 3 is 2.00 bits per heavy atom. The van der Waals surface area contributed by atoms with Gasteiger partial charge in [-0.05, 0) is 35.9 Å². The highest BCUT2D eigenvalue weighted by Crippen LogP contribution is 2.51. The third-order valence-corrected chi connectivity index (χ3v) is 7.09. The normalized spacial score (nSPS) is 13.8. The molecule has 3 N–H and O–H groups in total. The fourth-order valence-corrected chi connectivity index (χ4v) is 5.45. The van der Waals surface area contributed by atoms with Crippen LogP contribution in [0, 0.1) is 0 Å². The summed E-state index contributed by atoms with van der Waals surface area (Å²) in [6, 6.07) is 11.3. The number of phenolic OH excluding ortho intramolecular Hbond substituents is 2. The van der Waals surface area contributed by atoms with E-state index in [1.165, 1.54) is 36.4 Å². The average Bonchev–Trinajstić information content (AvgIpc) is 2.60. The lowest BCUT2D eigenvalue weighted by molar-refractivity contribution is 0.439. The fraction of sp³-hybridized carbons (Fsp3) is 0.0526. The summed E-state index contributed by atoms with van der Waals surface area (Å²) in [5.41, 5.74) is -0.535. The van der Waals surface area contributed by atoms with E-state index >= 15 is 0 Å². The maximum Gasteiger partial charge on any atom is 0.283 e. The molecule has 3 aromatic rings. The second kappa shape index (κ2) is 7.87. The van der Waals surface area contributed by atoms with Gasteiger partial charge in [-0.15, -0.1) is 0 Å². The van der Waals surface area contributed by atoms with Gasteiger partial charge in [0.15, 0.2) is 4.75 Å². The van der Waals surface area contributed by atoms with Crippen LogP contribution in [0.25, 0.3) is 0 Å². The summed E-state index contributed by atoms with van der Waals surface area (Å²) in [6.07, 6.45) is 0. The maximum absolute atomic E-state index is 12.9. The van der Waals surface area contributed by atoms with Crippen molar-refractivity contribution in [3.63, 3.8) is 0 Å². The molecule has 29 heavy (non-hydrogen) atoms. The van der Waals surface area contributed by atoms with E-state index in [0.29, 0.717) is 0 Å². The molecule has 5 nitrogen and oxygen atoms in total. The summed E-state index contributed by atoms with van der Waals surface area (Å²) in [5.74, 6) is -0.841. The Balaban J connectivity index is 2.61. The van der Waals surface area contributed by atoms with Gasteiger partial charge < -0.3 is 10.2 Å². The van der Waals surface area contributed by atoms with E-state index in [9.17, 15) is 23.2 Å². The zero-order valence-electron chi connectivity index (χ0n) is 14.3. The molecule has 0 radical (unpaired) electrons. The predicted molar refractivity (Wildman–Crippen MR) is 114 cm³/mol. The first-order valence-corrected chi connectivity index (χ1v) is 10.8. The van der Waals surface area contributed by atoms with E-state index in [2.05, 4.69) is 0 Å². The smallest absolute Gasteiger partial charge is 0.283 e. The van der Waals surface area contributed by atoms with Crippen LogP contribution in [0.1, 0.15) is 16.7 Å². The van der Waals surface area contributed by atoms with Crippen LogP contribution < -0.4 is 0 Å². The second-order valence-corrected chi connectivity index (χ2v) is 9.33. The molecule has 1 unspecified atom stereocenters. The number of phenols is 2. The molecule has 152 valence electrons. The molecule has 0 fully saturated rings. The van der Waals surface area contributed by atoms with Gasteiger partial charge in [0.25, 0.3) is 10.1 Å². The second-order valence-electron chi connectivity index (χ2n) is 6.11. The maximum atomic E-state index is 12.9. The Morgan fingerprint density at radius 1 is 0.759 bits per heavy atom.